The van der Waals surface area contributed by atoms with Crippen LogP contribution in [0.1, 0.15) is 12.5 Å². The van der Waals surface area contributed by atoms with Crippen LogP contribution < -0.4 is 5.32 Å². The third kappa shape index (κ3) is 5.29. The molecule has 0 spiro atoms. The summed E-state index contributed by atoms with van der Waals surface area (Å²) in [5.74, 6) is -0.328. The van der Waals surface area contributed by atoms with Gasteiger partial charge in [-0.25, -0.2) is 8.42 Å². The van der Waals surface area contributed by atoms with Gasteiger partial charge in [0.2, 0.25) is 15.9 Å². The van der Waals surface area contributed by atoms with Crippen molar-refractivity contribution in [1.82, 2.24) is 9.21 Å². The molecule has 1 aliphatic heterocycles. The lowest BCUT2D eigenvalue weighted by Gasteiger charge is -2.33. The molecule has 0 aromatic heterocycles. The van der Waals surface area contributed by atoms with Crippen LogP contribution in [0.25, 0.3) is 0 Å². The molecule has 0 radical (unpaired) electrons. The first-order chi connectivity index (χ1) is 13.8. The summed E-state index contributed by atoms with van der Waals surface area (Å²) in [5, 5.41) is 3.55. The quantitative estimate of drug-likeness (QED) is 0.723. The number of sulfonamides is 1. The van der Waals surface area contributed by atoms with E-state index in [1.54, 1.807) is 36.4 Å². The number of anilines is 1. The summed E-state index contributed by atoms with van der Waals surface area (Å²) >= 11 is 12.2. The van der Waals surface area contributed by atoms with Crippen LogP contribution in [0.5, 0.6) is 0 Å². The fourth-order valence-electron chi connectivity index (χ4n) is 3.24. The molecule has 6 nitrogen and oxygen atoms in total. The second kappa shape index (κ2) is 9.45. The van der Waals surface area contributed by atoms with Crippen molar-refractivity contribution in [2.24, 2.45) is 0 Å². The van der Waals surface area contributed by atoms with Gasteiger partial charge in [0.1, 0.15) is 0 Å². The predicted molar refractivity (Wildman–Crippen MR) is 116 cm³/mol. The monoisotopic (exact) mass is 455 g/mol. The van der Waals surface area contributed by atoms with E-state index in [0.29, 0.717) is 47.5 Å². The van der Waals surface area contributed by atoms with Gasteiger partial charge in [0.25, 0.3) is 0 Å². The van der Waals surface area contributed by atoms with Crippen LogP contribution in [0.3, 0.4) is 0 Å². The van der Waals surface area contributed by atoms with E-state index in [9.17, 15) is 13.2 Å². The van der Waals surface area contributed by atoms with Crippen LogP contribution in [0.4, 0.5) is 5.69 Å². The van der Waals surface area contributed by atoms with Crippen LogP contribution in [0.15, 0.2) is 47.4 Å². The molecule has 0 bridgehead atoms. The Balaban J connectivity index is 1.71. The Morgan fingerprint density at radius 1 is 1.03 bits per heavy atom. The van der Waals surface area contributed by atoms with Crippen LogP contribution in [-0.4, -0.2) is 56.3 Å². The normalized spacial score (nSPS) is 16.0. The van der Waals surface area contributed by atoms with Gasteiger partial charge < -0.3 is 10.2 Å². The van der Waals surface area contributed by atoms with E-state index in [2.05, 4.69) is 17.1 Å². The number of benzene rings is 2. The fourth-order valence-corrected chi connectivity index (χ4v) is 5.24. The summed E-state index contributed by atoms with van der Waals surface area (Å²) in [6.45, 7) is 5.31. The SMILES string of the molecule is CCN1CCN(S(=O)(=O)c2cccc(NC(=O)Cc3c(Cl)cccc3Cl)c2)CC1. The number of carbonyl (C=O) groups excluding carboxylic acids is 1. The van der Waals surface area contributed by atoms with Gasteiger partial charge in [0.15, 0.2) is 0 Å². The molecule has 3 rings (SSSR count). The molecule has 0 unspecified atom stereocenters. The molecule has 1 saturated heterocycles. The minimum absolute atomic E-state index is 0.00549. The summed E-state index contributed by atoms with van der Waals surface area (Å²) < 4.78 is 27.4. The highest BCUT2D eigenvalue weighted by atomic mass is 35.5. The maximum atomic E-state index is 13.0. The van der Waals surface area contributed by atoms with Crippen LogP contribution in [0.2, 0.25) is 10.0 Å². The van der Waals surface area contributed by atoms with Crippen molar-refractivity contribution in [3.05, 3.63) is 58.1 Å². The van der Waals surface area contributed by atoms with Gasteiger partial charge in [-0.2, -0.15) is 4.31 Å². The van der Waals surface area contributed by atoms with E-state index < -0.39 is 10.0 Å². The smallest absolute Gasteiger partial charge is 0.243 e. The first-order valence-electron chi connectivity index (χ1n) is 9.36. The van der Waals surface area contributed by atoms with Crippen molar-refractivity contribution in [2.45, 2.75) is 18.2 Å². The number of piperazine rings is 1. The Labute approximate surface area is 181 Å². The van der Waals surface area contributed by atoms with Crippen molar-refractivity contribution in [3.8, 4) is 0 Å². The Kier molecular flexibility index (Phi) is 7.19. The molecule has 1 fully saturated rings. The van der Waals surface area contributed by atoms with Crippen molar-refractivity contribution in [1.29, 1.82) is 0 Å². The highest BCUT2D eigenvalue weighted by Crippen LogP contribution is 2.25. The Morgan fingerprint density at radius 2 is 1.66 bits per heavy atom. The number of amides is 1. The molecule has 1 amide bonds. The number of nitrogens with zero attached hydrogens (tertiary/aromatic N) is 2. The zero-order valence-electron chi connectivity index (χ0n) is 16.1. The summed E-state index contributed by atoms with van der Waals surface area (Å²) in [4.78, 5) is 14.8. The molecule has 1 aliphatic rings. The summed E-state index contributed by atoms with van der Waals surface area (Å²) in [6.07, 6.45) is -0.00549. The number of hydrogen-bond acceptors (Lipinski definition) is 4. The van der Waals surface area contributed by atoms with Crippen molar-refractivity contribution < 1.29 is 13.2 Å². The number of rotatable bonds is 6. The third-order valence-corrected chi connectivity index (χ3v) is 7.54. The number of halogens is 2. The van der Waals surface area contributed by atoms with Crippen molar-refractivity contribution in [2.75, 3.05) is 38.0 Å². The average Bonchev–Trinajstić information content (AvgIpc) is 2.71. The zero-order valence-corrected chi connectivity index (χ0v) is 18.4. The Morgan fingerprint density at radius 3 is 2.28 bits per heavy atom. The molecule has 2 aromatic rings. The fraction of sp³-hybridized carbons (Fsp3) is 0.350. The first-order valence-corrected chi connectivity index (χ1v) is 11.6. The standard InChI is InChI=1S/C20H23Cl2N3O3S/c1-2-24-9-11-25(12-10-24)29(27,28)16-6-3-5-15(13-16)23-20(26)14-17-18(21)7-4-8-19(17)22/h3-8,13H,2,9-12,14H2,1H3,(H,23,26). The molecule has 1 N–H and O–H groups in total. The van der Waals surface area contributed by atoms with E-state index in [0.717, 1.165) is 6.54 Å². The lowest BCUT2D eigenvalue weighted by molar-refractivity contribution is -0.115. The summed E-state index contributed by atoms with van der Waals surface area (Å²) in [7, 11) is -3.61. The Hall–Kier alpha value is -1.64. The lowest BCUT2D eigenvalue weighted by Crippen LogP contribution is -2.48. The zero-order chi connectivity index (χ0) is 21.0. The van der Waals surface area contributed by atoms with Crippen LogP contribution >= 0.6 is 23.2 Å². The number of likely N-dealkylation sites (N-methyl/N-ethyl adjacent to an activating group) is 1. The molecule has 9 heteroatoms. The number of carbonyl (C=O) groups is 1. The lowest BCUT2D eigenvalue weighted by atomic mass is 10.1. The number of hydrogen-bond donors (Lipinski definition) is 1. The molecule has 0 atom stereocenters. The van der Waals surface area contributed by atoms with Crippen molar-refractivity contribution in [3.63, 3.8) is 0 Å². The summed E-state index contributed by atoms with van der Waals surface area (Å²) in [6, 6.07) is 11.3. The maximum Gasteiger partial charge on any atom is 0.243 e. The summed E-state index contributed by atoms with van der Waals surface area (Å²) in [5.41, 5.74) is 0.942. The minimum Gasteiger partial charge on any atom is -0.326 e. The van der Waals surface area contributed by atoms with Gasteiger partial charge in [0.05, 0.1) is 11.3 Å². The van der Waals surface area contributed by atoms with E-state index in [-0.39, 0.29) is 17.2 Å². The van der Waals surface area contributed by atoms with E-state index >= 15 is 0 Å². The third-order valence-electron chi connectivity index (χ3n) is 4.93. The average molecular weight is 456 g/mol. The molecule has 156 valence electrons. The minimum atomic E-state index is -3.61. The van der Waals surface area contributed by atoms with E-state index in [4.69, 9.17) is 23.2 Å². The molecule has 0 saturated carbocycles. The predicted octanol–water partition coefficient (Wildman–Crippen LogP) is 3.50. The van der Waals surface area contributed by atoms with Gasteiger partial charge in [-0.05, 0) is 42.4 Å². The van der Waals surface area contributed by atoms with Gasteiger partial charge in [0, 0.05) is 41.9 Å². The van der Waals surface area contributed by atoms with Gasteiger partial charge in [-0.3, -0.25) is 4.79 Å². The van der Waals surface area contributed by atoms with Crippen LogP contribution in [0, 0.1) is 0 Å². The van der Waals surface area contributed by atoms with E-state index in [1.165, 1.54) is 10.4 Å². The second-order valence-electron chi connectivity index (χ2n) is 6.79. The molecule has 1 heterocycles. The molecular weight excluding hydrogens is 433 g/mol. The molecule has 2 aromatic carbocycles. The Bertz CT molecular complexity index is 970. The topological polar surface area (TPSA) is 69.7 Å². The number of nitrogens with one attached hydrogen (secondary N) is 1. The molecule has 29 heavy (non-hydrogen) atoms. The highest BCUT2D eigenvalue weighted by Gasteiger charge is 2.28. The maximum absolute atomic E-state index is 13.0. The molecule has 0 aliphatic carbocycles. The van der Waals surface area contributed by atoms with Crippen LogP contribution in [-0.2, 0) is 21.2 Å². The molecular formula is C20H23Cl2N3O3S. The van der Waals surface area contributed by atoms with E-state index in [1.807, 2.05) is 0 Å². The highest BCUT2D eigenvalue weighted by molar-refractivity contribution is 7.89. The van der Waals surface area contributed by atoms with Gasteiger partial charge in [-0.15, -0.1) is 0 Å². The van der Waals surface area contributed by atoms with Gasteiger partial charge >= 0.3 is 0 Å². The van der Waals surface area contributed by atoms with Crippen molar-refractivity contribution >= 4 is 44.8 Å². The largest absolute Gasteiger partial charge is 0.326 e. The second-order valence-corrected chi connectivity index (χ2v) is 9.54. The van der Waals surface area contributed by atoms with Gasteiger partial charge in [-0.1, -0.05) is 42.3 Å². The first kappa shape index (κ1) is 22.1.